The minimum absolute atomic E-state index is 0.0928. The Morgan fingerprint density at radius 2 is 2.12 bits per heavy atom. The summed E-state index contributed by atoms with van der Waals surface area (Å²) in [4.78, 5) is 36.9. The van der Waals surface area contributed by atoms with E-state index in [9.17, 15) is 14.4 Å². The van der Waals surface area contributed by atoms with Gasteiger partial charge in [0.05, 0.1) is 13.7 Å². The van der Waals surface area contributed by atoms with Crippen molar-refractivity contribution in [1.82, 2.24) is 10.6 Å². The van der Waals surface area contributed by atoms with Gasteiger partial charge in [0, 0.05) is 12.2 Å². The van der Waals surface area contributed by atoms with Crippen molar-refractivity contribution in [2.45, 2.75) is 26.4 Å². The summed E-state index contributed by atoms with van der Waals surface area (Å²) in [5.74, 6) is -0.392. The number of carbonyl (C=O) groups is 3. The van der Waals surface area contributed by atoms with Crippen molar-refractivity contribution in [3.05, 3.63) is 29.8 Å². The average molecular weight is 349 g/mol. The number of nitrogens with zero attached hydrogens (tertiary/aromatic N) is 1. The Balaban J connectivity index is 1.98. The van der Waals surface area contributed by atoms with Gasteiger partial charge in [0.2, 0.25) is 5.91 Å². The number of carbonyl (C=O) groups excluding carboxylic acids is 3. The number of benzene rings is 1. The van der Waals surface area contributed by atoms with Gasteiger partial charge in [-0.1, -0.05) is 26.0 Å². The Morgan fingerprint density at radius 1 is 1.36 bits per heavy atom. The smallest absolute Gasteiger partial charge is 0.414 e. The minimum atomic E-state index is -0.691. The molecule has 1 saturated heterocycles. The van der Waals surface area contributed by atoms with Crippen LogP contribution in [0.2, 0.25) is 0 Å². The van der Waals surface area contributed by atoms with Crippen LogP contribution in [-0.2, 0) is 20.8 Å². The van der Waals surface area contributed by atoms with Crippen LogP contribution in [0.3, 0.4) is 0 Å². The highest BCUT2D eigenvalue weighted by molar-refractivity contribution is 5.89. The molecule has 0 aliphatic carbocycles. The quantitative estimate of drug-likeness (QED) is 0.814. The van der Waals surface area contributed by atoms with Crippen molar-refractivity contribution < 1.29 is 23.9 Å². The first kappa shape index (κ1) is 18.6. The van der Waals surface area contributed by atoms with Crippen LogP contribution in [0.25, 0.3) is 0 Å². The van der Waals surface area contributed by atoms with Crippen LogP contribution < -0.4 is 15.5 Å². The third-order valence-electron chi connectivity index (χ3n) is 3.86. The molecule has 8 nitrogen and oxygen atoms in total. The molecule has 2 rings (SSSR count). The summed E-state index contributed by atoms with van der Waals surface area (Å²) in [7, 11) is 1.25. The second-order valence-corrected chi connectivity index (χ2v) is 6.01. The number of anilines is 1. The molecule has 1 fully saturated rings. The number of ether oxygens (including phenoxy) is 2. The number of hydrogen-bond donors (Lipinski definition) is 2. The molecule has 3 amide bonds. The molecule has 1 atom stereocenters. The molecular weight excluding hydrogens is 326 g/mol. The lowest BCUT2D eigenvalue weighted by atomic mass is 10.0. The van der Waals surface area contributed by atoms with Crippen LogP contribution >= 0.6 is 0 Å². The minimum Gasteiger partial charge on any atom is -0.453 e. The van der Waals surface area contributed by atoms with Gasteiger partial charge in [0.25, 0.3) is 0 Å². The molecule has 8 heteroatoms. The molecule has 25 heavy (non-hydrogen) atoms. The molecule has 2 N–H and O–H groups in total. The van der Waals surface area contributed by atoms with Gasteiger partial charge in [-0.25, -0.2) is 9.59 Å². The number of cyclic esters (lactones) is 1. The number of methoxy groups -OCH3 is 1. The molecule has 0 radical (unpaired) electrons. The second-order valence-electron chi connectivity index (χ2n) is 6.01. The Hall–Kier alpha value is -2.77. The number of amides is 3. The van der Waals surface area contributed by atoms with Crippen LogP contribution in [0, 0.1) is 5.92 Å². The standard InChI is InChI=1S/C17H23N3O5/c1-11(2)14(19-16(22)24-3)15(21)18-10-12-5-4-6-13(9-12)20-7-8-25-17(20)23/h4-6,9,11,14H,7-8,10H2,1-3H3,(H,18,21)(H,19,22)/t14-/m1/s1. The topological polar surface area (TPSA) is 97.0 Å². The predicted octanol–water partition coefficient (Wildman–Crippen LogP) is 1.64. The summed E-state index contributed by atoms with van der Waals surface area (Å²) in [6.45, 7) is 4.82. The normalized spacial score (nSPS) is 14.9. The third-order valence-corrected chi connectivity index (χ3v) is 3.86. The Kier molecular flexibility index (Phi) is 6.21. The van der Waals surface area contributed by atoms with Crippen LogP contribution in [0.1, 0.15) is 19.4 Å². The number of hydrogen-bond acceptors (Lipinski definition) is 5. The molecule has 0 spiro atoms. The maximum atomic E-state index is 12.3. The van der Waals surface area contributed by atoms with E-state index in [1.165, 1.54) is 7.11 Å². The zero-order valence-corrected chi connectivity index (χ0v) is 14.6. The monoisotopic (exact) mass is 349 g/mol. The summed E-state index contributed by atoms with van der Waals surface area (Å²) in [6.07, 6.45) is -1.02. The van der Waals surface area contributed by atoms with E-state index in [0.717, 1.165) is 11.3 Å². The predicted molar refractivity (Wildman–Crippen MR) is 91.1 cm³/mol. The molecule has 1 aliphatic heterocycles. The van der Waals surface area contributed by atoms with Gasteiger partial charge in [-0.15, -0.1) is 0 Å². The molecular formula is C17H23N3O5. The number of rotatable bonds is 6. The molecule has 1 aliphatic rings. The van der Waals surface area contributed by atoms with E-state index in [1.807, 2.05) is 38.1 Å². The van der Waals surface area contributed by atoms with Crippen molar-refractivity contribution in [2.24, 2.45) is 5.92 Å². The van der Waals surface area contributed by atoms with Crippen LogP contribution in [-0.4, -0.2) is 44.4 Å². The number of nitrogens with one attached hydrogen (secondary N) is 2. The fourth-order valence-corrected chi connectivity index (χ4v) is 2.48. The first-order valence-corrected chi connectivity index (χ1v) is 8.07. The van der Waals surface area contributed by atoms with Crippen molar-refractivity contribution in [1.29, 1.82) is 0 Å². The van der Waals surface area contributed by atoms with Gasteiger partial charge in [-0.2, -0.15) is 0 Å². The summed E-state index contributed by atoms with van der Waals surface area (Å²) in [6, 6.07) is 6.61. The van der Waals surface area contributed by atoms with Crippen LogP contribution in [0.4, 0.5) is 15.3 Å². The summed E-state index contributed by atoms with van der Waals surface area (Å²) in [5, 5.41) is 5.32. The Labute approximate surface area is 146 Å². The molecule has 0 saturated carbocycles. The first-order chi connectivity index (χ1) is 11.9. The molecule has 1 aromatic carbocycles. The van der Waals surface area contributed by atoms with Gasteiger partial charge in [-0.3, -0.25) is 9.69 Å². The SMILES string of the molecule is COC(=O)N[C@@H](C(=O)NCc1cccc(N2CCOC2=O)c1)C(C)C. The van der Waals surface area contributed by atoms with Crippen molar-refractivity contribution in [2.75, 3.05) is 25.2 Å². The fraction of sp³-hybridized carbons (Fsp3) is 0.471. The highest BCUT2D eigenvalue weighted by atomic mass is 16.6. The zero-order valence-electron chi connectivity index (χ0n) is 14.6. The van der Waals surface area contributed by atoms with E-state index in [-0.39, 0.29) is 24.5 Å². The molecule has 1 heterocycles. The van der Waals surface area contributed by atoms with Gasteiger partial charge in [0.15, 0.2) is 0 Å². The third kappa shape index (κ3) is 4.85. The lowest BCUT2D eigenvalue weighted by molar-refractivity contribution is -0.124. The van der Waals surface area contributed by atoms with E-state index >= 15 is 0 Å². The first-order valence-electron chi connectivity index (χ1n) is 8.07. The lowest BCUT2D eigenvalue weighted by Crippen LogP contribution is -2.49. The van der Waals surface area contributed by atoms with Gasteiger partial charge >= 0.3 is 12.2 Å². The van der Waals surface area contributed by atoms with Crippen LogP contribution in [0.5, 0.6) is 0 Å². The summed E-state index contributed by atoms with van der Waals surface area (Å²) >= 11 is 0. The van der Waals surface area contributed by atoms with E-state index in [1.54, 1.807) is 4.90 Å². The van der Waals surface area contributed by atoms with E-state index in [2.05, 4.69) is 15.4 Å². The Bertz CT molecular complexity index is 647. The molecule has 1 aromatic rings. The molecule has 0 aromatic heterocycles. The van der Waals surface area contributed by atoms with Crippen LogP contribution in [0.15, 0.2) is 24.3 Å². The zero-order chi connectivity index (χ0) is 18.4. The van der Waals surface area contributed by atoms with Crippen molar-refractivity contribution in [3.8, 4) is 0 Å². The average Bonchev–Trinajstić information content (AvgIpc) is 3.03. The Morgan fingerprint density at radius 3 is 2.72 bits per heavy atom. The highest BCUT2D eigenvalue weighted by Gasteiger charge is 2.25. The lowest BCUT2D eigenvalue weighted by Gasteiger charge is -2.21. The second kappa shape index (κ2) is 8.36. The summed E-state index contributed by atoms with van der Waals surface area (Å²) < 4.78 is 9.48. The molecule has 0 unspecified atom stereocenters. The van der Waals surface area contributed by atoms with Gasteiger partial charge < -0.3 is 20.1 Å². The van der Waals surface area contributed by atoms with Crippen molar-refractivity contribution in [3.63, 3.8) is 0 Å². The number of alkyl carbamates (subject to hydrolysis) is 1. The van der Waals surface area contributed by atoms with E-state index in [4.69, 9.17) is 4.74 Å². The van der Waals surface area contributed by atoms with Gasteiger partial charge in [0.1, 0.15) is 12.6 Å². The maximum Gasteiger partial charge on any atom is 0.414 e. The molecule has 0 bridgehead atoms. The maximum absolute atomic E-state index is 12.3. The molecule has 136 valence electrons. The highest BCUT2D eigenvalue weighted by Crippen LogP contribution is 2.20. The fourth-order valence-electron chi connectivity index (χ4n) is 2.48. The van der Waals surface area contributed by atoms with E-state index in [0.29, 0.717) is 13.2 Å². The summed E-state index contributed by atoms with van der Waals surface area (Å²) in [5.41, 5.74) is 1.56. The van der Waals surface area contributed by atoms with Crippen molar-refractivity contribution >= 4 is 23.8 Å². The largest absolute Gasteiger partial charge is 0.453 e. The van der Waals surface area contributed by atoms with E-state index < -0.39 is 12.1 Å². The van der Waals surface area contributed by atoms with Gasteiger partial charge in [-0.05, 0) is 23.6 Å².